The maximum Gasteiger partial charge on any atom is 0.416 e. The molecule has 0 N–H and O–H groups in total. The fourth-order valence-corrected chi connectivity index (χ4v) is 3.40. The third-order valence-corrected chi connectivity index (χ3v) is 4.77. The number of hydrogen-bond acceptors (Lipinski definition) is 5. The number of ether oxygens (including phenoxy) is 3. The Hall–Kier alpha value is -3.29. The summed E-state index contributed by atoms with van der Waals surface area (Å²) in [5.41, 5.74) is 0.753. The van der Waals surface area contributed by atoms with Crippen molar-refractivity contribution in [3.8, 4) is 5.75 Å². The van der Waals surface area contributed by atoms with E-state index in [1.807, 2.05) is 0 Å². The molecule has 2 heterocycles. The molecule has 1 atom stereocenters. The van der Waals surface area contributed by atoms with Gasteiger partial charge in [-0.25, -0.2) is 9.59 Å². The van der Waals surface area contributed by atoms with Crippen molar-refractivity contribution in [2.75, 3.05) is 0 Å². The van der Waals surface area contributed by atoms with E-state index in [1.165, 1.54) is 26.0 Å². The lowest BCUT2D eigenvalue weighted by molar-refractivity contribution is -0.222. The number of carbonyl (C=O) groups is 2. The van der Waals surface area contributed by atoms with Crippen LogP contribution in [0.5, 0.6) is 5.75 Å². The minimum absolute atomic E-state index is 0.234. The van der Waals surface area contributed by atoms with Crippen molar-refractivity contribution in [3.05, 3.63) is 70.3 Å². The number of halogens is 3. The molecule has 0 amide bonds. The van der Waals surface area contributed by atoms with Crippen LogP contribution in [-0.4, -0.2) is 17.7 Å². The van der Waals surface area contributed by atoms with Gasteiger partial charge in [0.2, 0.25) is 0 Å². The van der Waals surface area contributed by atoms with Crippen molar-refractivity contribution in [2.24, 2.45) is 0 Å². The van der Waals surface area contributed by atoms with Gasteiger partial charge in [-0.15, -0.1) is 0 Å². The average Bonchev–Trinajstić information content (AvgIpc) is 3.07. The fourth-order valence-electron chi connectivity index (χ4n) is 3.40. The molecule has 0 saturated carbocycles. The second-order valence-electron chi connectivity index (χ2n) is 7.54. The first kappa shape index (κ1) is 20.0. The molecule has 0 aromatic heterocycles. The summed E-state index contributed by atoms with van der Waals surface area (Å²) >= 11 is 0. The quantitative estimate of drug-likeness (QED) is 0.405. The van der Waals surface area contributed by atoms with Crippen LogP contribution < -0.4 is 4.74 Å². The van der Waals surface area contributed by atoms with E-state index in [0.29, 0.717) is 23.3 Å². The third kappa shape index (κ3) is 3.90. The highest BCUT2D eigenvalue weighted by Crippen LogP contribution is 2.39. The number of rotatable bonds is 2. The molecule has 2 aliphatic heterocycles. The van der Waals surface area contributed by atoms with Crippen LogP contribution in [0.3, 0.4) is 0 Å². The van der Waals surface area contributed by atoms with Crippen LogP contribution in [0.2, 0.25) is 0 Å². The number of carbonyl (C=O) groups excluding carboxylic acids is 2. The predicted molar refractivity (Wildman–Crippen MR) is 99.2 cm³/mol. The Morgan fingerprint density at radius 2 is 1.73 bits per heavy atom. The molecule has 1 saturated heterocycles. The van der Waals surface area contributed by atoms with Gasteiger partial charge in [0, 0.05) is 20.3 Å². The van der Waals surface area contributed by atoms with E-state index >= 15 is 0 Å². The maximum absolute atomic E-state index is 13.0. The first-order chi connectivity index (χ1) is 14.0. The van der Waals surface area contributed by atoms with E-state index < -0.39 is 35.6 Å². The molecule has 156 valence electrons. The first-order valence-corrected chi connectivity index (χ1v) is 9.17. The van der Waals surface area contributed by atoms with Crippen LogP contribution in [0.4, 0.5) is 13.2 Å². The van der Waals surface area contributed by atoms with E-state index in [0.717, 1.165) is 17.7 Å². The molecule has 0 radical (unpaired) electrons. The van der Waals surface area contributed by atoms with Gasteiger partial charge in [-0.1, -0.05) is 18.2 Å². The van der Waals surface area contributed by atoms with Crippen LogP contribution in [0, 0.1) is 0 Å². The largest absolute Gasteiger partial charge is 0.485 e. The van der Waals surface area contributed by atoms with Gasteiger partial charge in [-0.3, -0.25) is 0 Å². The Morgan fingerprint density at radius 1 is 1.03 bits per heavy atom. The molecule has 2 aliphatic rings. The summed E-state index contributed by atoms with van der Waals surface area (Å²) in [5, 5.41) is 0. The Kier molecular flexibility index (Phi) is 4.60. The molecule has 1 fully saturated rings. The molecular weight excluding hydrogens is 401 g/mol. The second-order valence-corrected chi connectivity index (χ2v) is 7.54. The van der Waals surface area contributed by atoms with E-state index in [9.17, 15) is 22.8 Å². The Balaban J connectivity index is 1.57. The van der Waals surface area contributed by atoms with Gasteiger partial charge in [0.25, 0.3) is 5.79 Å². The summed E-state index contributed by atoms with van der Waals surface area (Å²) in [7, 11) is 0. The molecule has 2 aromatic carbocycles. The van der Waals surface area contributed by atoms with E-state index in [2.05, 4.69) is 0 Å². The van der Waals surface area contributed by atoms with E-state index in [-0.39, 0.29) is 5.57 Å². The number of alkyl halides is 3. The van der Waals surface area contributed by atoms with Gasteiger partial charge in [0.15, 0.2) is 0 Å². The standard InChI is InChI=1S/C22H17F3O5/c1-21(2)29-19(26)16(20(27)30-21)9-12-6-7-17-14(8-12)11-18(28-17)13-4-3-5-15(10-13)22(23,24)25/h3-10,18H,11H2,1-2H3. The lowest BCUT2D eigenvalue weighted by atomic mass is 10.00. The van der Waals surface area contributed by atoms with Crippen LogP contribution in [0.25, 0.3) is 6.08 Å². The van der Waals surface area contributed by atoms with Crippen molar-refractivity contribution in [3.63, 3.8) is 0 Å². The van der Waals surface area contributed by atoms with Gasteiger partial charge in [-0.05, 0) is 47.0 Å². The second kappa shape index (κ2) is 6.90. The summed E-state index contributed by atoms with van der Waals surface area (Å²) in [4.78, 5) is 24.2. The average molecular weight is 418 g/mol. The smallest absolute Gasteiger partial charge is 0.416 e. The summed E-state index contributed by atoms with van der Waals surface area (Å²) < 4.78 is 54.9. The molecule has 0 aliphatic carbocycles. The van der Waals surface area contributed by atoms with E-state index in [4.69, 9.17) is 14.2 Å². The van der Waals surface area contributed by atoms with E-state index in [1.54, 1.807) is 24.3 Å². The molecule has 2 aromatic rings. The summed E-state index contributed by atoms with van der Waals surface area (Å²) in [5.74, 6) is -2.35. The third-order valence-electron chi connectivity index (χ3n) is 4.77. The number of esters is 2. The fraction of sp³-hybridized carbons (Fsp3) is 0.273. The summed E-state index contributed by atoms with van der Waals surface area (Å²) in [6.45, 7) is 2.92. The highest BCUT2D eigenvalue weighted by Gasteiger charge is 2.39. The molecule has 0 spiro atoms. The molecule has 5 nitrogen and oxygen atoms in total. The minimum Gasteiger partial charge on any atom is -0.485 e. The zero-order valence-corrected chi connectivity index (χ0v) is 16.1. The van der Waals surface area contributed by atoms with Crippen molar-refractivity contribution >= 4 is 18.0 Å². The molecule has 0 bridgehead atoms. The zero-order chi connectivity index (χ0) is 21.7. The monoisotopic (exact) mass is 418 g/mol. The van der Waals surface area contributed by atoms with Crippen LogP contribution >= 0.6 is 0 Å². The van der Waals surface area contributed by atoms with Gasteiger partial charge in [0.1, 0.15) is 17.4 Å². The SMILES string of the molecule is CC1(C)OC(=O)C(=Cc2ccc3c(c2)CC(c2cccc(C(F)(F)F)c2)O3)C(=O)O1. The molecule has 1 unspecified atom stereocenters. The van der Waals surface area contributed by atoms with Crippen molar-refractivity contribution in [2.45, 2.75) is 38.3 Å². The first-order valence-electron chi connectivity index (χ1n) is 9.17. The number of cyclic esters (lactones) is 2. The molecular formula is C22H17F3O5. The predicted octanol–water partition coefficient (Wildman–Crippen LogP) is 4.60. The summed E-state index contributed by atoms with van der Waals surface area (Å²) in [6, 6.07) is 10.0. The lowest BCUT2D eigenvalue weighted by Gasteiger charge is -2.29. The molecule has 4 rings (SSSR count). The Bertz CT molecular complexity index is 1050. The van der Waals surface area contributed by atoms with Crippen molar-refractivity contribution in [1.29, 1.82) is 0 Å². The van der Waals surface area contributed by atoms with Crippen molar-refractivity contribution < 1.29 is 37.0 Å². The van der Waals surface area contributed by atoms with Gasteiger partial charge in [-0.2, -0.15) is 13.2 Å². The van der Waals surface area contributed by atoms with Crippen LogP contribution in [-0.2, 0) is 31.7 Å². The van der Waals surface area contributed by atoms with Gasteiger partial charge < -0.3 is 14.2 Å². The van der Waals surface area contributed by atoms with Crippen molar-refractivity contribution in [1.82, 2.24) is 0 Å². The summed E-state index contributed by atoms with van der Waals surface area (Å²) in [6.07, 6.45) is -3.28. The number of hydrogen-bond donors (Lipinski definition) is 0. The normalized spacial score (nSPS) is 20.2. The van der Waals surface area contributed by atoms with Crippen LogP contribution in [0.1, 0.15) is 42.2 Å². The number of benzene rings is 2. The lowest BCUT2D eigenvalue weighted by Crippen LogP contribution is -2.41. The Labute approximate surface area is 170 Å². The minimum atomic E-state index is -4.43. The topological polar surface area (TPSA) is 61.8 Å². The van der Waals surface area contributed by atoms with Crippen LogP contribution in [0.15, 0.2) is 48.0 Å². The number of fused-ring (bicyclic) bond motifs is 1. The maximum atomic E-state index is 13.0. The Morgan fingerprint density at radius 3 is 2.40 bits per heavy atom. The highest BCUT2D eigenvalue weighted by atomic mass is 19.4. The van der Waals surface area contributed by atoms with Gasteiger partial charge >= 0.3 is 18.1 Å². The molecule has 8 heteroatoms. The zero-order valence-electron chi connectivity index (χ0n) is 16.1. The highest BCUT2D eigenvalue weighted by molar-refractivity contribution is 6.18. The van der Waals surface area contributed by atoms with Gasteiger partial charge in [0.05, 0.1) is 5.56 Å². The molecule has 30 heavy (non-hydrogen) atoms.